The summed E-state index contributed by atoms with van der Waals surface area (Å²) in [4.78, 5) is 15.3. The minimum atomic E-state index is -0.0802. The molecule has 6 nitrogen and oxygen atoms in total. The number of ether oxygens (including phenoxy) is 1. The Morgan fingerprint density at radius 3 is 2.81 bits per heavy atom. The molecule has 0 spiro atoms. The van der Waals surface area contributed by atoms with Crippen LogP contribution in [0.5, 0.6) is 5.75 Å². The molecule has 138 valence electrons. The summed E-state index contributed by atoms with van der Waals surface area (Å²) < 4.78 is 5.34. The van der Waals surface area contributed by atoms with E-state index in [1.165, 1.54) is 0 Å². The molecule has 1 amide bonds. The average Bonchev–Trinajstić information content (AvgIpc) is 3.35. The predicted octanol–water partition coefficient (Wildman–Crippen LogP) is 3.64. The molecule has 3 N–H and O–H groups in total. The van der Waals surface area contributed by atoms with Gasteiger partial charge in [-0.2, -0.15) is 5.10 Å². The topological polar surface area (TPSA) is 84.2 Å². The number of nitrogens with one attached hydrogen (secondary N) is 1. The molecule has 1 atom stereocenters. The zero-order chi connectivity index (χ0) is 18.8. The Bertz CT molecular complexity index is 952. The molecule has 6 heteroatoms. The SMILES string of the molecule is COc1cccc([C@H]2CCCN2C(=O)c2[nH]nc(N)c2-c2ccccc2)c1. The van der Waals surface area contributed by atoms with Gasteiger partial charge < -0.3 is 15.4 Å². The number of amides is 1. The molecule has 27 heavy (non-hydrogen) atoms. The summed E-state index contributed by atoms with van der Waals surface area (Å²) in [5.41, 5.74) is 9.12. The van der Waals surface area contributed by atoms with E-state index in [-0.39, 0.29) is 11.9 Å². The van der Waals surface area contributed by atoms with Gasteiger partial charge in [0.15, 0.2) is 5.82 Å². The Kier molecular flexibility index (Phi) is 4.54. The van der Waals surface area contributed by atoms with Crippen LogP contribution in [0.1, 0.15) is 34.9 Å². The third-order valence-electron chi connectivity index (χ3n) is 5.06. The molecule has 0 bridgehead atoms. The van der Waals surface area contributed by atoms with E-state index in [4.69, 9.17) is 10.5 Å². The summed E-state index contributed by atoms with van der Waals surface area (Å²) in [6.07, 6.45) is 1.88. The van der Waals surface area contributed by atoms with E-state index >= 15 is 0 Å². The van der Waals surface area contributed by atoms with Crippen LogP contribution >= 0.6 is 0 Å². The summed E-state index contributed by atoms with van der Waals surface area (Å²) >= 11 is 0. The summed E-state index contributed by atoms with van der Waals surface area (Å²) in [6.45, 7) is 0.702. The van der Waals surface area contributed by atoms with E-state index in [0.29, 0.717) is 23.6 Å². The maximum atomic E-state index is 13.4. The number of nitrogens with zero attached hydrogens (tertiary/aromatic N) is 2. The maximum absolute atomic E-state index is 13.4. The van der Waals surface area contributed by atoms with Crippen molar-refractivity contribution in [3.63, 3.8) is 0 Å². The molecule has 2 heterocycles. The Labute approximate surface area is 158 Å². The van der Waals surface area contributed by atoms with Crippen LogP contribution in [0.25, 0.3) is 11.1 Å². The third-order valence-corrected chi connectivity index (χ3v) is 5.06. The number of anilines is 1. The monoisotopic (exact) mass is 362 g/mol. The molecule has 1 aliphatic heterocycles. The number of carbonyl (C=O) groups excluding carboxylic acids is 1. The van der Waals surface area contributed by atoms with Gasteiger partial charge in [-0.25, -0.2) is 0 Å². The Balaban J connectivity index is 1.69. The number of likely N-dealkylation sites (tertiary alicyclic amines) is 1. The van der Waals surface area contributed by atoms with E-state index in [9.17, 15) is 4.79 Å². The summed E-state index contributed by atoms with van der Waals surface area (Å²) in [5.74, 6) is 1.05. The first-order valence-electron chi connectivity index (χ1n) is 9.03. The number of carbonyl (C=O) groups is 1. The van der Waals surface area contributed by atoms with Crippen LogP contribution in [0.15, 0.2) is 54.6 Å². The molecule has 1 aromatic heterocycles. The highest BCUT2D eigenvalue weighted by Gasteiger charge is 2.33. The van der Waals surface area contributed by atoms with Crippen LogP contribution in [-0.2, 0) is 0 Å². The molecule has 2 aromatic carbocycles. The van der Waals surface area contributed by atoms with Crippen LogP contribution in [0.3, 0.4) is 0 Å². The summed E-state index contributed by atoms with van der Waals surface area (Å²) in [7, 11) is 1.65. The number of H-pyrrole nitrogens is 1. The molecule has 1 aliphatic rings. The van der Waals surface area contributed by atoms with Crippen LogP contribution < -0.4 is 10.5 Å². The summed E-state index contributed by atoms with van der Waals surface area (Å²) in [5, 5.41) is 6.95. The van der Waals surface area contributed by atoms with Gasteiger partial charge in [-0.15, -0.1) is 0 Å². The van der Waals surface area contributed by atoms with Crippen LogP contribution in [-0.4, -0.2) is 34.7 Å². The van der Waals surface area contributed by atoms with E-state index in [1.54, 1.807) is 7.11 Å². The highest BCUT2D eigenvalue weighted by atomic mass is 16.5. The lowest BCUT2D eigenvalue weighted by Crippen LogP contribution is -2.31. The van der Waals surface area contributed by atoms with E-state index < -0.39 is 0 Å². The number of hydrogen-bond donors (Lipinski definition) is 2. The second-order valence-electron chi connectivity index (χ2n) is 6.66. The van der Waals surface area contributed by atoms with Gasteiger partial charge in [0.05, 0.1) is 18.7 Å². The number of aromatic amines is 1. The first-order chi connectivity index (χ1) is 13.2. The Morgan fingerprint density at radius 1 is 1.22 bits per heavy atom. The van der Waals surface area contributed by atoms with Crippen molar-refractivity contribution in [1.82, 2.24) is 15.1 Å². The van der Waals surface area contributed by atoms with Gasteiger partial charge in [-0.3, -0.25) is 9.89 Å². The van der Waals surface area contributed by atoms with Crippen molar-refractivity contribution in [3.05, 3.63) is 65.9 Å². The first kappa shape index (κ1) is 17.1. The largest absolute Gasteiger partial charge is 0.497 e. The lowest BCUT2D eigenvalue weighted by Gasteiger charge is -2.25. The van der Waals surface area contributed by atoms with Crippen molar-refractivity contribution in [2.75, 3.05) is 19.4 Å². The molecule has 1 saturated heterocycles. The molecule has 1 fully saturated rings. The van der Waals surface area contributed by atoms with Gasteiger partial charge in [-0.05, 0) is 36.1 Å². The lowest BCUT2D eigenvalue weighted by molar-refractivity contribution is 0.0730. The van der Waals surface area contributed by atoms with Gasteiger partial charge in [0, 0.05) is 6.54 Å². The molecule has 0 aliphatic carbocycles. The summed E-state index contributed by atoms with van der Waals surface area (Å²) in [6, 6.07) is 17.6. The molecule has 4 rings (SSSR count). The van der Waals surface area contributed by atoms with Crippen LogP contribution in [0, 0.1) is 0 Å². The number of nitrogen functional groups attached to an aromatic ring is 1. The van der Waals surface area contributed by atoms with Crippen molar-refractivity contribution >= 4 is 11.7 Å². The predicted molar refractivity (Wildman–Crippen MR) is 104 cm³/mol. The Morgan fingerprint density at radius 2 is 2.04 bits per heavy atom. The standard InChI is InChI=1S/C21H22N4O2/c1-27-16-10-5-9-15(13-16)17-11-6-12-25(17)21(26)19-18(20(22)24-23-19)14-7-3-2-4-8-14/h2-5,7-10,13,17H,6,11-12H2,1H3,(H3,22,23,24)/t17-/m1/s1. The van der Waals surface area contributed by atoms with Gasteiger partial charge in [0.2, 0.25) is 0 Å². The number of nitrogens with two attached hydrogens (primary N) is 1. The van der Waals surface area contributed by atoms with Crippen molar-refractivity contribution in [3.8, 4) is 16.9 Å². The second kappa shape index (κ2) is 7.15. The minimum Gasteiger partial charge on any atom is -0.497 e. The highest BCUT2D eigenvalue weighted by molar-refractivity contribution is 6.01. The van der Waals surface area contributed by atoms with Crippen molar-refractivity contribution in [2.24, 2.45) is 0 Å². The zero-order valence-electron chi connectivity index (χ0n) is 15.2. The third kappa shape index (κ3) is 3.14. The van der Waals surface area contributed by atoms with Gasteiger partial charge in [0.25, 0.3) is 5.91 Å². The fraction of sp³-hybridized carbons (Fsp3) is 0.238. The van der Waals surface area contributed by atoms with Gasteiger partial charge >= 0.3 is 0 Å². The number of benzene rings is 2. The fourth-order valence-electron chi connectivity index (χ4n) is 3.76. The number of methoxy groups -OCH3 is 1. The van der Waals surface area contributed by atoms with E-state index in [0.717, 1.165) is 29.7 Å². The molecule has 0 unspecified atom stereocenters. The zero-order valence-corrected chi connectivity index (χ0v) is 15.2. The van der Waals surface area contributed by atoms with Crippen molar-refractivity contribution in [2.45, 2.75) is 18.9 Å². The number of hydrogen-bond acceptors (Lipinski definition) is 4. The average molecular weight is 362 g/mol. The molecule has 3 aromatic rings. The van der Waals surface area contributed by atoms with Crippen LogP contribution in [0.2, 0.25) is 0 Å². The molecular weight excluding hydrogens is 340 g/mol. The highest BCUT2D eigenvalue weighted by Crippen LogP contribution is 2.36. The molecule has 0 radical (unpaired) electrons. The fourth-order valence-corrected chi connectivity index (χ4v) is 3.76. The maximum Gasteiger partial charge on any atom is 0.273 e. The van der Waals surface area contributed by atoms with Crippen molar-refractivity contribution < 1.29 is 9.53 Å². The van der Waals surface area contributed by atoms with E-state index in [1.807, 2.05) is 59.5 Å². The van der Waals surface area contributed by atoms with Gasteiger partial charge in [-0.1, -0.05) is 42.5 Å². The first-order valence-corrected chi connectivity index (χ1v) is 9.03. The molecular formula is C21H22N4O2. The Hall–Kier alpha value is -3.28. The van der Waals surface area contributed by atoms with E-state index in [2.05, 4.69) is 10.2 Å². The van der Waals surface area contributed by atoms with Crippen LogP contribution in [0.4, 0.5) is 5.82 Å². The normalized spacial score (nSPS) is 16.5. The lowest BCUT2D eigenvalue weighted by atomic mass is 10.0. The second-order valence-corrected chi connectivity index (χ2v) is 6.66. The minimum absolute atomic E-state index is 0.0146. The van der Waals surface area contributed by atoms with Crippen molar-refractivity contribution in [1.29, 1.82) is 0 Å². The number of aromatic nitrogens is 2. The smallest absolute Gasteiger partial charge is 0.273 e. The molecule has 0 saturated carbocycles. The van der Waals surface area contributed by atoms with Gasteiger partial charge in [0.1, 0.15) is 11.4 Å². The number of rotatable bonds is 4. The quantitative estimate of drug-likeness (QED) is 0.742.